The van der Waals surface area contributed by atoms with Crippen LogP contribution in [0.1, 0.15) is 39.0 Å². The van der Waals surface area contributed by atoms with E-state index in [1.165, 1.54) is 14.0 Å². The number of carbonyl (C=O) groups excluding carboxylic acids is 3. The van der Waals surface area contributed by atoms with E-state index in [9.17, 15) is 14.4 Å². The summed E-state index contributed by atoms with van der Waals surface area (Å²) in [4.78, 5) is 34.1. The molecule has 0 aromatic carbocycles. The second-order valence-corrected chi connectivity index (χ2v) is 4.42. The Kier molecular flexibility index (Phi) is 5.12. The van der Waals surface area contributed by atoms with Crippen molar-refractivity contribution in [3.8, 4) is 0 Å². The molecule has 1 fully saturated rings. The first-order valence-electron chi connectivity index (χ1n) is 5.92. The van der Waals surface area contributed by atoms with E-state index in [4.69, 9.17) is 0 Å². The van der Waals surface area contributed by atoms with Crippen LogP contribution in [0.4, 0.5) is 0 Å². The average molecular weight is 241 g/mol. The molecule has 5 heteroatoms. The molecule has 96 valence electrons. The Morgan fingerprint density at radius 2 is 2.18 bits per heavy atom. The number of esters is 1. The highest BCUT2D eigenvalue weighted by Crippen LogP contribution is 2.24. The largest absolute Gasteiger partial charge is 0.467 e. The lowest BCUT2D eigenvalue weighted by Gasteiger charge is -2.24. The first-order chi connectivity index (χ1) is 8.04. The summed E-state index contributed by atoms with van der Waals surface area (Å²) in [5.74, 6) is -0.711. The standard InChI is InChI=1S/C12H19NO4/c1-8(14)13-10(12(16)17-2)7-9-5-3-4-6-11(9)15/h9-10H,3-7H2,1-2H3,(H,13,14)/t9?,10-/m0/s1. The number of hydrogen-bond donors (Lipinski definition) is 1. The van der Waals surface area contributed by atoms with Gasteiger partial charge < -0.3 is 10.1 Å². The van der Waals surface area contributed by atoms with Crippen molar-refractivity contribution in [2.45, 2.75) is 45.1 Å². The van der Waals surface area contributed by atoms with Crippen molar-refractivity contribution in [3.63, 3.8) is 0 Å². The van der Waals surface area contributed by atoms with Crippen LogP contribution >= 0.6 is 0 Å². The number of amides is 1. The molecule has 17 heavy (non-hydrogen) atoms. The fourth-order valence-corrected chi connectivity index (χ4v) is 2.19. The monoisotopic (exact) mass is 241 g/mol. The molecule has 0 saturated heterocycles. The minimum atomic E-state index is -0.704. The molecule has 1 rings (SSSR count). The molecule has 0 radical (unpaired) electrons. The third-order valence-electron chi connectivity index (χ3n) is 3.06. The number of rotatable bonds is 4. The minimum Gasteiger partial charge on any atom is -0.467 e. The van der Waals surface area contributed by atoms with Crippen molar-refractivity contribution < 1.29 is 19.1 Å². The van der Waals surface area contributed by atoms with Gasteiger partial charge in [-0.05, 0) is 19.3 Å². The maximum Gasteiger partial charge on any atom is 0.328 e. The van der Waals surface area contributed by atoms with Gasteiger partial charge >= 0.3 is 5.97 Å². The topological polar surface area (TPSA) is 72.5 Å². The van der Waals surface area contributed by atoms with Gasteiger partial charge in [-0.25, -0.2) is 4.79 Å². The molecule has 5 nitrogen and oxygen atoms in total. The number of Topliss-reactive ketones (excluding diaryl/α,β-unsaturated/α-hetero) is 1. The van der Waals surface area contributed by atoms with Crippen LogP contribution in [0.3, 0.4) is 0 Å². The molecular formula is C12H19NO4. The number of methoxy groups -OCH3 is 1. The van der Waals surface area contributed by atoms with Crippen LogP contribution in [0.25, 0.3) is 0 Å². The SMILES string of the molecule is COC(=O)[C@H](CC1CCCCC1=O)NC(C)=O. The molecule has 1 aliphatic rings. The average Bonchev–Trinajstić information content (AvgIpc) is 2.29. The second-order valence-electron chi connectivity index (χ2n) is 4.42. The van der Waals surface area contributed by atoms with E-state index in [2.05, 4.69) is 10.1 Å². The molecule has 0 spiro atoms. The van der Waals surface area contributed by atoms with Gasteiger partial charge in [0.15, 0.2) is 0 Å². The van der Waals surface area contributed by atoms with Crippen molar-refractivity contribution in [1.82, 2.24) is 5.32 Å². The molecule has 1 aliphatic carbocycles. The van der Waals surface area contributed by atoms with Crippen LogP contribution in [0.15, 0.2) is 0 Å². The van der Waals surface area contributed by atoms with Crippen LogP contribution in [0.5, 0.6) is 0 Å². The molecule has 1 unspecified atom stereocenters. The van der Waals surface area contributed by atoms with Crippen LogP contribution in [0, 0.1) is 5.92 Å². The van der Waals surface area contributed by atoms with E-state index >= 15 is 0 Å². The summed E-state index contributed by atoms with van der Waals surface area (Å²) in [6.07, 6.45) is 3.67. The molecule has 0 aromatic rings. The Balaban J connectivity index is 2.60. The molecule has 1 N–H and O–H groups in total. The van der Waals surface area contributed by atoms with Crippen molar-refractivity contribution in [1.29, 1.82) is 0 Å². The third kappa shape index (κ3) is 4.17. The van der Waals surface area contributed by atoms with Gasteiger partial charge in [0.05, 0.1) is 7.11 Å². The number of ketones is 1. The van der Waals surface area contributed by atoms with Gasteiger partial charge in [-0.1, -0.05) is 6.42 Å². The Morgan fingerprint density at radius 3 is 2.71 bits per heavy atom. The number of carbonyl (C=O) groups is 3. The van der Waals surface area contributed by atoms with Crippen LogP contribution in [-0.2, 0) is 19.1 Å². The highest BCUT2D eigenvalue weighted by atomic mass is 16.5. The fourth-order valence-electron chi connectivity index (χ4n) is 2.19. The zero-order chi connectivity index (χ0) is 12.8. The first kappa shape index (κ1) is 13.7. The third-order valence-corrected chi connectivity index (χ3v) is 3.06. The highest BCUT2D eigenvalue weighted by molar-refractivity contribution is 5.85. The van der Waals surface area contributed by atoms with Gasteiger partial charge in [-0.2, -0.15) is 0 Å². The first-order valence-corrected chi connectivity index (χ1v) is 5.92. The Labute approximate surface area is 101 Å². The molecule has 1 amide bonds. The second kappa shape index (κ2) is 6.37. The van der Waals surface area contributed by atoms with Crippen LogP contribution in [0.2, 0.25) is 0 Å². The van der Waals surface area contributed by atoms with Crippen molar-refractivity contribution in [2.75, 3.05) is 7.11 Å². The molecule has 0 bridgehead atoms. The molecule has 0 aromatic heterocycles. The minimum absolute atomic E-state index is 0.125. The quantitative estimate of drug-likeness (QED) is 0.739. The van der Waals surface area contributed by atoms with E-state index in [1.807, 2.05) is 0 Å². The van der Waals surface area contributed by atoms with Crippen LogP contribution in [-0.4, -0.2) is 30.8 Å². The smallest absolute Gasteiger partial charge is 0.328 e. The summed E-state index contributed by atoms with van der Waals surface area (Å²) in [6, 6.07) is -0.704. The predicted molar refractivity (Wildman–Crippen MR) is 61.2 cm³/mol. The number of hydrogen-bond acceptors (Lipinski definition) is 4. The van der Waals surface area contributed by atoms with Gasteiger partial charge in [-0.3, -0.25) is 9.59 Å². The molecular weight excluding hydrogens is 222 g/mol. The van der Waals surface area contributed by atoms with E-state index in [-0.39, 0.29) is 17.6 Å². The lowest BCUT2D eigenvalue weighted by atomic mass is 9.83. The van der Waals surface area contributed by atoms with E-state index in [0.717, 1.165) is 19.3 Å². The zero-order valence-corrected chi connectivity index (χ0v) is 10.3. The summed E-state index contributed by atoms with van der Waals surface area (Å²) >= 11 is 0. The van der Waals surface area contributed by atoms with E-state index in [1.54, 1.807) is 0 Å². The normalized spacial score (nSPS) is 21.8. The van der Waals surface area contributed by atoms with Gasteiger partial charge in [0.2, 0.25) is 5.91 Å². The predicted octanol–water partition coefficient (Wildman–Crippen LogP) is 0.813. The lowest BCUT2D eigenvalue weighted by Crippen LogP contribution is -2.43. The summed E-state index contributed by atoms with van der Waals surface area (Å²) < 4.78 is 4.63. The summed E-state index contributed by atoms with van der Waals surface area (Å²) in [5, 5.41) is 2.53. The maximum atomic E-state index is 11.7. The maximum absolute atomic E-state index is 11.7. The molecule has 2 atom stereocenters. The highest BCUT2D eigenvalue weighted by Gasteiger charge is 2.29. The summed E-state index contributed by atoms with van der Waals surface area (Å²) in [5.41, 5.74) is 0. The van der Waals surface area contributed by atoms with Gasteiger partial charge in [0.1, 0.15) is 11.8 Å². The van der Waals surface area contributed by atoms with Crippen molar-refractivity contribution in [3.05, 3.63) is 0 Å². The van der Waals surface area contributed by atoms with Gasteiger partial charge in [0.25, 0.3) is 0 Å². The molecule has 1 saturated carbocycles. The van der Waals surface area contributed by atoms with Crippen molar-refractivity contribution in [2.24, 2.45) is 5.92 Å². The zero-order valence-electron chi connectivity index (χ0n) is 10.3. The molecule has 0 heterocycles. The summed E-state index contributed by atoms with van der Waals surface area (Å²) in [7, 11) is 1.28. The Hall–Kier alpha value is -1.39. The lowest BCUT2D eigenvalue weighted by molar-refractivity contribution is -0.145. The van der Waals surface area contributed by atoms with Crippen LogP contribution < -0.4 is 5.32 Å². The van der Waals surface area contributed by atoms with Crippen molar-refractivity contribution >= 4 is 17.7 Å². The molecule has 0 aliphatic heterocycles. The van der Waals surface area contributed by atoms with E-state index in [0.29, 0.717) is 12.8 Å². The number of ether oxygens (including phenoxy) is 1. The number of nitrogens with one attached hydrogen (secondary N) is 1. The van der Waals surface area contributed by atoms with E-state index < -0.39 is 12.0 Å². The Morgan fingerprint density at radius 1 is 1.47 bits per heavy atom. The Bertz CT molecular complexity index is 314. The van der Waals surface area contributed by atoms with Gasteiger partial charge in [-0.15, -0.1) is 0 Å². The fraction of sp³-hybridized carbons (Fsp3) is 0.750. The van der Waals surface area contributed by atoms with Gasteiger partial charge in [0, 0.05) is 19.3 Å². The summed E-state index contributed by atoms with van der Waals surface area (Å²) in [6.45, 7) is 1.35.